The summed E-state index contributed by atoms with van der Waals surface area (Å²) in [6.07, 6.45) is 4.54. The fraction of sp³-hybridized carbons (Fsp3) is 0.368. The van der Waals surface area contributed by atoms with Crippen LogP contribution in [0.25, 0.3) is 11.1 Å². The summed E-state index contributed by atoms with van der Waals surface area (Å²) < 4.78 is 0. The van der Waals surface area contributed by atoms with Crippen molar-refractivity contribution < 1.29 is 0 Å². The van der Waals surface area contributed by atoms with Gasteiger partial charge in [0.1, 0.15) is 0 Å². The number of rotatable bonds is 8. The summed E-state index contributed by atoms with van der Waals surface area (Å²) in [4.78, 5) is 0. The number of nitrogens with one attached hydrogen (secondary N) is 1. The smallest absolute Gasteiger partial charge is 0.0328 e. The largest absolute Gasteiger partial charge is 0.310 e. The summed E-state index contributed by atoms with van der Waals surface area (Å²) in [5.41, 5.74) is 3.97. The molecule has 112 valence electrons. The first-order valence-electron chi connectivity index (χ1n) is 7.73. The molecule has 0 aliphatic rings. The van der Waals surface area contributed by atoms with Gasteiger partial charge in [-0.1, -0.05) is 61.5 Å². The Balaban J connectivity index is 2.11. The van der Waals surface area contributed by atoms with Crippen LogP contribution in [0.3, 0.4) is 0 Å². The van der Waals surface area contributed by atoms with Gasteiger partial charge in [-0.2, -0.15) is 11.8 Å². The molecule has 0 aliphatic carbocycles. The molecule has 0 fully saturated rings. The Hall–Kier alpha value is -1.25. The van der Waals surface area contributed by atoms with E-state index in [0.29, 0.717) is 6.04 Å². The predicted octanol–water partition coefficient (Wildman–Crippen LogP) is 5.15. The number of hydrogen-bond donors (Lipinski definition) is 1. The first-order chi connectivity index (χ1) is 10.3. The molecule has 2 rings (SSSR count). The Morgan fingerprint density at radius 2 is 1.62 bits per heavy atom. The second-order valence-corrected chi connectivity index (χ2v) is 6.26. The Kier molecular flexibility index (Phi) is 6.84. The van der Waals surface area contributed by atoms with Crippen LogP contribution in [0.1, 0.15) is 31.4 Å². The maximum atomic E-state index is 3.67. The number of thioether (sulfide) groups is 1. The maximum absolute atomic E-state index is 3.67. The first kappa shape index (κ1) is 16.1. The van der Waals surface area contributed by atoms with Gasteiger partial charge < -0.3 is 5.32 Å². The third-order valence-electron chi connectivity index (χ3n) is 3.67. The third-order valence-corrected chi connectivity index (χ3v) is 4.32. The molecule has 1 N–H and O–H groups in total. The average Bonchev–Trinajstić information content (AvgIpc) is 2.56. The normalized spacial score (nSPS) is 12.3. The lowest BCUT2D eigenvalue weighted by atomic mass is 9.99. The van der Waals surface area contributed by atoms with Crippen LogP contribution in [0.15, 0.2) is 54.6 Å². The van der Waals surface area contributed by atoms with Crippen LogP contribution in [-0.2, 0) is 0 Å². The lowest BCUT2D eigenvalue weighted by Gasteiger charge is -2.19. The Morgan fingerprint density at radius 3 is 2.24 bits per heavy atom. The molecule has 0 aromatic heterocycles. The van der Waals surface area contributed by atoms with Crippen molar-refractivity contribution >= 4 is 11.8 Å². The van der Waals surface area contributed by atoms with Gasteiger partial charge in [0.2, 0.25) is 0 Å². The van der Waals surface area contributed by atoms with Crippen molar-refractivity contribution in [1.29, 1.82) is 0 Å². The van der Waals surface area contributed by atoms with E-state index in [4.69, 9.17) is 0 Å². The van der Waals surface area contributed by atoms with Gasteiger partial charge in [-0.3, -0.25) is 0 Å². The molecular formula is C19H25NS. The van der Waals surface area contributed by atoms with E-state index in [1.165, 1.54) is 35.3 Å². The van der Waals surface area contributed by atoms with Gasteiger partial charge in [-0.05, 0) is 48.1 Å². The highest BCUT2D eigenvalue weighted by Gasteiger charge is 2.10. The summed E-state index contributed by atoms with van der Waals surface area (Å²) in [5, 5.41) is 3.67. The molecule has 0 saturated heterocycles. The van der Waals surface area contributed by atoms with Crippen molar-refractivity contribution in [3.63, 3.8) is 0 Å². The van der Waals surface area contributed by atoms with E-state index in [0.717, 1.165) is 6.54 Å². The molecule has 0 aliphatic heterocycles. The van der Waals surface area contributed by atoms with Crippen LogP contribution in [0.5, 0.6) is 0 Å². The third kappa shape index (κ3) is 4.90. The topological polar surface area (TPSA) is 12.0 Å². The standard InChI is InChI=1S/C19H25NS/c1-3-14-20-19(13-15-21-2)18-11-9-17(10-12-18)16-7-5-4-6-8-16/h4-12,19-20H,3,13-15H2,1-2H3. The van der Waals surface area contributed by atoms with Crippen LogP contribution in [-0.4, -0.2) is 18.6 Å². The fourth-order valence-electron chi connectivity index (χ4n) is 2.48. The van der Waals surface area contributed by atoms with Crippen LogP contribution < -0.4 is 5.32 Å². The minimum Gasteiger partial charge on any atom is -0.310 e. The quantitative estimate of drug-likeness (QED) is 0.723. The molecule has 0 spiro atoms. The number of benzene rings is 2. The first-order valence-corrected chi connectivity index (χ1v) is 9.12. The highest BCUT2D eigenvalue weighted by atomic mass is 32.2. The van der Waals surface area contributed by atoms with E-state index in [1.54, 1.807) is 0 Å². The van der Waals surface area contributed by atoms with Gasteiger partial charge in [0, 0.05) is 6.04 Å². The van der Waals surface area contributed by atoms with Crippen LogP contribution in [0.2, 0.25) is 0 Å². The average molecular weight is 299 g/mol. The molecule has 2 aromatic carbocycles. The Labute approximate surface area is 133 Å². The minimum atomic E-state index is 0.474. The van der Waals surface area contributed by atoms with Gasteiger partial charge in [0.25, 0.3) is 0 Å². The van der Waals surface area contributed by atoms with Gasteiger partial charge in [-0.25, -0.2) is 0 Å². The summed E-state index contributed by atoms with van der Waals surface area (Å²) in [6, 6.07) is 20.1. The Morgan fingerprint density at radius 1 is 0.952 bits per heavy atom. The molecule has 0 amide bonds. The molecule has 1 nitrogen and oxygen atoms in total. The van der Waals surface area contributed by atoms with E-state index in [9.17, 15) is 0 Å². The van der Waals surface area contributed by atoms with Crippen molar-refractivity contribution in [2.45, 2.75) is 25.8 Å². The highest BCUT2D eigenvalue weighted by Crippen LogP contribution is 2.24. The van der Waals surface area contributed by atoms with Crippen molar-refractivity contribution in [3.8, 4) is 11.1 Å². The minimum absolute atomic E-state index is 0.474. The SMILES string of the molecule is CCCNC(CCSC)c1ccc(-c2ccccc2)cc1. The summed E-state index contributed by atoms with van der Waals surface area (Å²) >= 11 is 1.92. The van der Waals surface area contributed by atoms with E-state index in [-0.39, 0.29) is 0 Å². The van der Waals surface area contributed by atoms with E-state index < -0.39 is 0 Å². The monoisotopic (exact) mass is 299 g/mol. The second-order valence-electron chi connectivity index (χ2n) is 5.28. The summed E-state index contributed by atoms with van der Waals surface area (Å²) in [5.74, 6) is 1.20. The van der Waals surface area contributed by atoms with Gasteiger partial charge in [0.15, 0.2) is 0 Å². The Bertz CT molecular complexity index is 499. The molecule has 0 bridgehead atoms. The lowest BCUT2D eigenvalue weighted by Crippen LogP contribution is -2.22. The highest BCUT2D eigenvalue weighted by molar-refractivity contribution is 7.98. The predicted molar refractivity (Wildman–Crippen MR) is 95.9 cm³/mol. The zero-order valence-corrected chi connectivity index (χ0v) is 13.8. The summed E-state index contributed by atoms with van der Waals surface area (Å²) in [7, 11) is 0. The molecule has 0 heterocycles. The molecule has 21 heavy (non-hydrogen) atoms. The zero-order valence-electron chi connectivity index (χ0n) is 13.0. The van der Waals surface area contributed by atoms with Crippen molar-refractivity contribution in [3.05, 3.63) is 60.2 Å². The van der Waals surface area contributed by atoms with Gasteiger partial charge in [0.05, 0.1) is 0 Å². The maximum Gasteiger partial charge on any atom is 0.0328 e. The fourth-order valence-corrected chi connectivity index (χ4v) is 2.95. The molecular weight excluding hydrogens is 274 g/mol. The van der Waals surface area contributed by atoms with Gasteiger partial charge in [-0.15, -0.1) is 0 Å². The zero-order chi connectivity index (χ0) is 14.9. The number of hydrogen-bond acceptors (Lipinski definition) is 2. The van der Waals surface area contributed by atoms with E-state index in [1.807, 2.05) is 11.8 Å². The van der Waals surface area contributed by atoms with Crippen LogP contribution in [0.4, 0.5) is 0 Å². The van der Waals surface area contributed by atoms with Crippen molar-refractivity contribution in [2.24, 2.45) is 0 Å². The van der Waals surface area contributed by atoms with E-state index in [2.05, 4.69) is 73.1 Å². The molecule has 2 heteroatoms. The van der Waals surface area contributed by atoms with Crippen LogP contribution >= 0.6 is 11.8 Å². The molecule has 1 unspecified atom stereocenters. The molecule has 2 aromatic rings. The second kappa shape index (κ2) is 8.91. The van der Waals surface area contributed by atoms with Gasteiger partial charge >= 0.3 is 0 Å². The van der Waals surface area contributed by atoms with E-state index >= 15 is 0 Å². The van der Waals surface area contributed by atoms with Crippen molar-refractivity contribution in [1.82, 2.24) is 5.32 Å². The van der Waals surface area contributed by atoms with Crippen molar-refractivity contribution in [2.75, 3.05) is 18.6 Å². The van der Waals surface area contributed by atoms with Crippen LogP contribution in [0, 0.1) is 0 Å². The summed E-state index contributed by atoms with van der Waals surface area (Å²) in [6.45, 7) is 3.30. The molecule has 0 radical (unpaired) electrons. The lowest BCUT2D eigenvalue weighted by molar-refractivity contribution is 0.522. The molecule has 1 atom stereocenters. The molecule has 0 saturated carbocycles.